The number of methoxy groups -OCH3 is 1. The summed E-state index contributed by atoms with van der Waals surface area (Å²) in [6.45, 7) is 5.88. The topological polar surface area (TPSA) is 115 Å². The van der Waals surface area contributed by atoms with Gasteiger partial charge < -0.3 is 19.1 Å². The van der Waals surface area contributed by atoms with E-state index in [1.165, 1.54) is 17.6 Å². The lowest BCUT2D eigenvalue weighted by Crippen LogP contribution is -2.41. The average molecular weight is 560 g/mol. The molecule has 3 aromatic rings. The Bertz CT molecular complexity index is 1400. The van der Waals surface area contributed by atoms with E-state index in [4.69, 9.17) is 14.2 Å². The molecule has 202 valence electrons. The second-order valence-corrected chi connectivity index (χ2v) is 12.2. The highest BCUT2D eigenvalue weighted by Crippen LogP contribution is 2.34. The van der Waals surface area contributed by atoms with Gasteiger partial charge in [0.05, 0.1) is 30.7 Å². The van der Waals surface area contributed by atoms with Crippen LogP contribution in [0, 0.1) is 0 Å². The number of aromatic nitrogens is 1. The van der Waals surface area contributed by atoms with Gasteiger partial charge in [0.25, 0.3) is 15.9 Å². The van der Waals surface area contributed by atoms with Gasteiger partial charge in [-0.25, -0.2) is 18.2 Å². The molecule has 0 saturated carbocycles. The van der Waals surface area contributed by atoms with Crippen LogP contribution >= 0.6 is 11.3 Å². The van der Waals surface area contributed by atoms with E-state index in [1.54, 1.807) is 69.2 Å². The molecule has 1 aliphatic rings. The number of nitrogens with zero attached hydrogens (tertiary/aromatic N) is 3. The number of rotatable bonds is 8. The van der Waals surface area contributed by atoms with Crippen LogP contribution in [0.4, 0.5) is 10.7 Å². The molecule has 0 N–H and O–H groups in total. The molecule has 12 heteroatoms. The van der Waals surface area contributed by atoms with Crippen LogP contribution in [-0.4, -0.2) is 57.7 Å². The third kappa shape index (κ3) is 6.14. The number of carbonyl (C=O) groups excluding carboxylic acids is 2. The Morgan fingerprint density at radius 1 is 1.13 bits per heavy atom. The van der Waals surface area contributed by atoms with Gasteiger partial charge in [0.1, 0.15) is 23.0 Å². The maximum Gasteiger partial charge on any atom is 0.360 e. The lowest BCUT2D eigenvalue weighted by atomic mass is 10.2. The van der Waals surface area contributed by atoms with Crippen molar-refractivity contribution >= 4 is 43.9 Å². The molecule has 0 unspecified atom stereocenters. The van der Waals surface area contributed by atoms with E-state index in [1.807, 2.05) is 0 Å². The second kappa shape index (κ2) is 11.1. The summed E-state index contributed by atoms with van der Waals surface area (Å²) in [7, 11) is -2.62. The zero-order valence-corrected chi connectivity index (χ0v) is 23.2. The van der Waals surface area contributed by atoms with Crippen LogP contribution in [0.3, 0.4) is 0 Å². The van der Waals surface area contributed by atoms with Crippen LogP contribution in [-0.2, 0) is 30.8 Å². The Hall–Kier alpha value is -3.48. The summed E-state index contributed by atoms with van der Waals surface area (Å²) in [5, 5.41) is 0.141. The third-order valence-corrected chi connectivity index (χ3v) is 8.30. The fraction of sp³-hybridized carbons (Fsp3) is 0.346. The fourth-order valence-electron chi connectivity index (χ4n) is 3.76. The predicted octanol–water partition coefficient (Wildman–Crippen LogP) is 3.87. The quantitative estimate of drug-likeness (QED) is 0.382. The van der Waals surface area contributed by atoms with E-state index in [-0.39, 0.29) is 34.6 Å². The van der Waals surface area contributed by atoms with Crippen LogP contribution in [0.1, 0.15) is 36.8 Å². The van der Waals surface area contributed by atoms with E-state index >= 15 is 0 Å². The van der Waals surface area contributed by atoms with Crippen molar-refractivity contribution in [2.24, 2.45) is 0 Å². The first-order valence-corrected chi connectivity index (χ1v) is 14.1. The molecule has 2 heterocycles. The molecular formula is C26H29N3O7S2. The highest BCUT2D eigenvalue weighted by Gasteiger charge is 2.33. The summed E-state index contributed by atoms with van der Waals surface area (Å²) in [5.41, 5.74) is 1.79. The molecule has 10 nitrogen and oxygen atoms in total. The normalized spacial score (nSPS) is 14.3. The molecule has 38 heavy (non-hydrogen) atoms. The number of sulfonamides is 1. The minimum Gasteiger partial charge on any atom is -0.497 e. The highest BCUT2D eigenvalue weighted by atomic mass is 32.2. The molecule has 1 aliphatic heterocycles. The van der Waals surface area contributed by atoms with Crippen LogP contribution in [0.2, 0.25) is 0 Å². The van der Waals surface area contributed by atoms with Gasteiger partial charge in [-0.1, -0.05) is 12.1 Å². The average Bonchev–Trinajstić information content (AvgIpc) is 3.37. The standard InChI is InChI=1S/C26H29N3O7S2/c1-26(2,3)36-25(31)23-24(37-17-27-23)29(15-18-5-9-20(34-4)10-6-18)38(32,33)21-11-7-19(8-12-21)28-13-14-35-16-22(28)30/h5-12,17H,13-16H2,1-4H3. The van der Waals surface area contributed by atoms with Gasteiger partial charge in [0.2, 0.25) is 0 Å². The maximum atomic E-state index is 14.0. The smallest absolute Gasteiger partial charge is 0.360 e. The molecule has 0 atom stereocenters. The van der Waals surface area contributed by atoms with Crippen molar-refractivity contribution in [2.75, 3.05) is 36.1 Å². The number of benzene rings is 2. The molecule has 1 aromatic heterocycles. The second-order valence-electron chi connectivity index (χ2n) is 9.46. The number of hydrogen-bond donors (Lipinski definition) is 0. The minimum atomic E-state index is -4.16. The van der Waals surface area contributed by atoms with Crippen molar-refractivity contribution in [1.82, 2.24) is 4.98 Å². The van der Waals surface area contributed by atoms with Crippen molar-refractivity contribution < 1.29 is 32.2 Å². The zero-order valence-electron chi connectivity index (χ0n) is 21.5. The minimum absolute atomic E-state index is 0.000918. The molecule has 1 fully saturated rings. The fourth-order valence-corrected chi connectivity index (χ4v) is 6.23. The van der Waals surface area contributed by atoms with Gasteiger partial charge in [-0.15, -0.1) is 11.3 Å². The van der Waals surface area contributed by atoms with Gasteiger partial charge in [0.15, 0.2) is 5.69 Å². The van der Waals surface area contributed by atoms with E-state index in [2.05, 4.69) is 4.98 Å². The summed E-state index contributed by atoms with van der Waals surface area (Å²) in [5.74, 6) is -0.284. The number of carbonyl (C=O) groups is 2. The zero-order chi connectivity index (χ0) is 27.5. The Morgan fingerprint density at radius 2 is 1.82 bits per heavy atom. The number of morpholine rings is 1. The van der Waals surface area contributed by atoms with Crippen molar-refractivity contribution in [3.05, 3.63) is 65.3 Å². The largest absolute Gasteiger partial charge is 0.497 e. The van der Waals surface area contributed by atoms with Crippen molar-refractivity contribution in [3.8, 4) is 5.75 Å². The van der Waals surface area contributed by atoms with Crippen LogP contribution in [0.15, 0.2) is 58.9 Å². The number of thiazole rings is 1. The third-order valence-electron chi connectivity index (χ3n) is 5.57. The van der Waals surface area contributed by atoms with Crippen LogP contribution < -0.4 is 13.9 Å². The van der Waals surface area contributed by atoms with E-state index in [9.17, 15) is 18.0 Å². The molecule has 0 radical (unpaired) electrons. The molecule has 4 rings (SSSR count). The first kappa shape index (κ1) is 27.6. The highest BCUT2D eigenvalue weighted by molar-refractivity contribution is 7.93. The Labute approximate surface area is 225 Å². The molecule has 0 bridgehead atoms. The number of amides is 1. The maximum absolute atomic E-state index is 14.0. The summed E-state index contributed by atoms with van der Waals surface area (Å²) >= 11 is 1.03. The van der Waals surface area contributed by atoms with Gasteiger partial charge in [-0.3, -0.25) is 9.10 Å². The summed E-state index contributed by atoms with van der Waals surface area (Å²) in [6, 6.07) is 13.0. The summed E-state index contributed by atoms with van der Waals surface area (Å²) in [6.07, 6.45) is 0. The van der Waals surface area contributed by atoms with Crippen molar-refractivity contribution in [1.29, 1.82) is 0 Å². The Balaban J connectivity index is 1.72. The molecule has 1 saturated heterocycles. The number of hydrogen-bond acceptors (Lipinski definition) is 9. The lowest BCUT2D eigenvalue weighted by molar-refractivity contribution is -0.125. The van der Waals surface area contributed by atoms with Gasteiger partial charge in [-0.2, -0.15) is 0 Å². The molecular weight excluding hydrogens is 530 g/mol. The van der Waals surface area contributed by atoms with E-state index in [0.717, 1.165) is 15.6 Å². The first-order chi connectivity index (χ1) is 18.0. The van der Waals surface area contributed by atoms with E-state index < -0.39 is 21.6 Å². The van der Waals surface area contributed by atoms with Crippen LogP contribution in [0.5, 0.6) is 5.75 Å². The summed E-state index contributed by atoms with van der Waals surface area (Å²) in [4.78, 5) is 30.8. The van der Waals surface area contributed by atoms with Gasteiger partial charge in [-0.05, 0) is 62.7 Å². The summed E-state index contributed by atoms with van der Waals surface area (Å²) < 4.78 is 45.0. The van der Waals surface area contributed by atoms with Crippen LogP contribution in [0.25, 0.3) is 0 Å². The lowest BCUT2D eigenvalue weighted by Gasteiger charge is -2.27. The molecule has 0 aliphatic carbocycles. The van der Waals surface area contributed by atoms with Crippen molar-refractivity contribution in [3.63, 3.8) is 0 Å². The van der Waals surface area contributed by atoms with Gasteiger partial charge >= 0.3 is 5.97 Å². The van der Waals surface area contributed by atoms with Gasteiger partial charge in [0, 0.05) is 12.2 Å². The Kier molecular flexibility index (Phi) is 8.05. The first-order valence-electron chi connectivity index (χ1n) is 11.8. The molecule has 0 spiro atoms. The van der Waals surface area contributed by atoms with E-state index in [0.29, 0.717) is 30.2 Å². The Morgan fingerprint density at radius 3 is 2.42 bits per heavy atom. The SMILES string of the molecule is COc1ccc(CN(c2scnc2C(=O)OC(C)(C)C)S(=O)(=O)c2ccc(N3CCOCC3=O)cc2)cc1. The monoisotopic (exact) mass is 559 g/mol. The number of ether oxygens (including phenoxy) is 3. The molecule has 2 aromatic carbocycles. The number of anilines is 2. The molecule has 1 amide bonds. The predicted molar refractivity (Wildman–Crippen MR) is 143 cm³/mol. The van der Waals surface area contributed by atoms with Crippen molar-refractivity contribution in [2.45, 2.75) is 37.8 Å². The number of esters is 1.